The second-order valence-electron chi connectivity index (χ2n) is 7.51. The first-order valence-electron chi connectivity index (χ1n) is 10.2. The Kier molecular flexibility index (Phi) is 6.11. The molecular formula is C24H23NO7. The first kappa shape index (κ1) is 21.4. The number of rotatable bonds is 5. The van der Waals surface area contributed by atoms with E-state index < -0.39 is 0 Å². The number of nitrogens with zero attached hydrogens (tertiary/aromatic N) is 1. The van der Waals surface area contributed by atoms with Crippen molar-refractivity contribution < 1.29 is 28.2 Å². The second-order valence-corrected chi connectivity index (χ2v) is 7.51. The molecule has 8 heteroatoms. The minimum atomic E-state index is -0.303. The first-order chi connectivity index (χ1) is 15.5. The molecule has 2 aromatic carbocycles. The summed E-state index contributed by atoms with van der Waals surface area (Å²) >= 11 is 0. The van der Waals surface area contributed by atoms with Crippen LogP contribution in [0.3, 0.4) is 0 Å². The third-order valence-corrected chi connectivity index (χ3v) is 5.60. The molecule has 2 heterocycles. The lowest BCUT2D eigenvalue weighted by atomic mass is 9.96. The number of methoxy groups -OCH3 is 2. The Labute approximate surface area is 184 Å². The average Bonchev–Trinajstić information content (AvgIpc) is 2.85. The molecule has 32 heavy (non-hydrogen) atoms. The Morgan fingerprint density at radius 2 is 1.69 bits per heavy atom. The van der Waals surface area contributed by atoms with Crippen molar-refractivity contribution in [3.63, 3.8) is 0 Å². The molecule has 0 bridgehead atoms. The van der Waals surface area contributed by atoms with Gasteiger partial charge in [-0.1, -0.05) is 0 Å². The van der Waals surface area contributed by atoms with Gasteiger partial charge in [0.2, 0.25) is 11.2 Å². The summed E-state index contributed by atoms with van der Waals surface area (Å²) in [4.78, 5) is 38.8. The van der Waals surface area contributed by atoms with Crippen LogP contribution in [0.1, 0.15) is 23.2 Å². The maximum atomic E-state index is 12.8. The summed E-state index contributed by atoms with van der Waals surface area (Å²) < 4.78 is 21.1. The van der Waals surface area contributed by atoms with Gasteiger partial charge in [0.15, 0.2) is 0 Å². The van der Waals surface area contributed by atoms with E-state index in [-0.39, 0.29) is 29.0 Å². The summed E-state index contributed by atoms with van der Waals surface area (Å²) in [7, 11) is 2.91. The van der Waals surface area contributed by atoms with Gasteiger partial charge in [0, 0.05) is 24.7 Å². The monoisotopic (exact) mass is 437 g/mol. The van der Waals surface area contributed by atoms with Gasteiger partial charge in [-0.25, -0.2) is 0 Å². The van der Waals surface area contributed by atoms with Crippen LogP contribution in [-0.4, -0.2) is 44.1 Å². The number of carbonyl (C=O) groups is 2. The van der Waals surface area contributed by atoms with Gasteiger partial charge in [-0.05, 0) is 49.2 Å². The van der Waals surface area contributed by atoms with Crippen molar-refractivity contribution in [3.8, 4) is 17.2 Å². The zero-order chi connectivity index (χ0) is 22.7. The van der Waals surface area contributed by atoms with Gasteiger partial charge in [-0.15, -0.1) is 0 Å². The van der Waals surface area contributed by atoms with Gasteiger partial charge in [0.05, 0.1) is 25.5 Å². The highest BCUT2D eigenvalue weighted by atomic mass is 16.5. The number of carbonyl (C=O) groups excluding carboxylic acids is 2. The molecule has 1 amide bonds. The highest BCUT2D eigenvalue weighted by Crippen LogP contribution is 2.25. The molecule has 1 aromatic heterocycles. The second kappa shape index (κ2) is 9.13. The number of likely N-dealkylation sites (tertiary alicyclic amines) is 1. The van der Waals surface area contributed by atoms with Crippen LogP contribution in [0, 0.1) is 5.92 Å². The largest absolute Gasteiger partial charge is 0.497 e. The van der Waals surface area contributed by atoms with Gasteiger partial charge in [0.1, 0.15) is 23.3 Å². The van der Waals surface area contributed by atoms with Crippen molar-refractivity contribution in [1.82, 2.24) is 4.90 Å². The van der Waals surface area contributed by atoms with E-state index in [0.717, 1.165) is 0 Å². The molecule has 0 aliphatic carbocycles. The zero-order valence-corrected chi connectivity index (χ0v) is 17.8. The standard InChI is InChI=1S/C24H23NO7/c1-29-18-7-8-19-20(13-18)31-14-21(22(19)26)32-17-5-3-15(4-6-17)23(27)25-11-9-16(10-12-25)24(28)30-2/h3-8,13-14,16H,9-12H2,1-2H3. The summed E-state index contributed by atoms with van der Waals surface area (Å²) in [6.07, 6.45) is 2.43. The molecule has 0 saturated carbocycles. The minimum Gasteiger partial charge on any atom is -0.497 e. The van der Waals surface area contributed by atoms with Gasteiger partial charge in [-0.2, -0.15) is 0 Å². The van der Waals surface area contributed by atoms with Gasteiger partial charge < -0.3 is 23.5 Å². The molecule has 0 unspecified atom stereocenters. The fraction of sp³-hybridized carbons (Fsp3) is 0.292. The Morgan fingerprint density at radius 3 is 2.34 bits per heavy atom. The van der Waals surface area contributed by atoms with Crippen LogP contribution in [0.2, 0.25) is 0 Å². The molecule has 1 aliphatic heterocycles. The SMILES string of the molecule is COC(=O)C1CCN(C(=O)c2ccc(Oc3coc4cc(OC)ccc4c3=O)cc2)CC1. The lowest BCUT2D eigenvalue weighted by Crippen LogP contribution is -2.40. The molecule has 8 nitrogen and oxygen atoms in total. The Morgan fingerprint density at radius 1 is 1.00 bits per heavy atom. The van der Waals surface area contributed by atoms with Crippen molar-refractivity contribution in [3.05, 3.63) is 64.5 Å². The molecule has 0 N–H and O–H groups in total. The van der Waals surface area contributed by atoms with Crippen molar-refractivity contribution in [2.75, 3.05) is 27.3 Å². The number of hydrogen-bond donors (Lipinski definition) is 0. The number of amides is 1. The normalized spacial score (nSPS) is 14.2. The van der Waals surface area contributed by atoms with Crippen LogP contribution >= 0.6 is 0 Å². The number of esters is 1. The van der Waals surface area contributed by atoms with E-state index in [1.54, 1.807) is 47.4 Å². The van der Waals surface area contributed by atoms with E-state index >= 15 is 0 Å². The molecule has 1 saturated heterocycles. The van der Waals surface area contributed by atoms with Crippen molar-refractivity contribution >= 4 is 22.8 Å². The minimum absolute atomic E-state index is 0.0478. The maximum absolute atomic E-state index is 12.8. The van der Waals surface area contributed by atoms with E-state index in [9.17, 15) is 14.4 Å². The quantitative estimate of drug-likeness (QED) is 0.563. The molecule has 0 atom stereocenters. The number of hydrogen-bond acceptors (Lipinski definition) is 7. The molecule has 4 rings (SSSR count). The molecule has 1 aliphatic rings. The first-order valence-corrected chi connectivity index (χ1v) is 10.2. The molecule has 3 aromatic rings. The van der Waals surface area contributed by atoms with Crippen LogP contribution < -0.4 is 14.9 Å². The Hall–Kier alpha value is -3.81. The number of ether oxygens (including phenoxy) is 3. The van der Waals surface area contributed by atoms with Crippen LogP contribution in [0.25, 0.3) is 11.0 Å². The van der Waals surface area contributed by atoms with Crippen LogP contribution in [0.4, 0.5) is 0 Å². The highest BCUT2D eigenvalue weighted by molar-refractivity contribution is 5.94. The fourth-order valence-corrected chi connectivity index (χ4v) is 3.75. The number of fused-ring (bicyclic) bond motifs is 1. The van der Waals surface area contributed by atoms with Crippen molar-refractivity contribution in [2.45, 2.75) is 12.8 Å². The summed E-state index contributed by atoms with van der Waals surface area (Å²) in [5.41, 5.74) is 0.604. The maximum Gasteiger partial charge on any atom is 0.308 e. The van der Waals surface area contributed by atoms with E-state index in [2.05, 4.69) is 0 Å². The average molecular weight is 437 g/mol. The van der Waals surface area contributed by atoms with Gasteiger partial charge in [0.25, 0.3) is 5.91 Å². The molecule has 1 fully saturated rings. The summed E-state index contributed by atoms with van der Waals surface area (Å²) in [6.45, 7) is 1.000. The van der Waals surface area contributed by atoms with Crippen LogP contribution in [0.15, 0.2) is 57.9 Å². The van der Waals surface area contributed by atoms with Crippen molar-refractivity contribution in [2.24, 2.45) is 5.92 Å². The lowest BCUT2D eigenvalue weighted by Gasteiger charge is -2.30. The smallest absolute Gasteiger partial charge is 0.308 e. The Balaban J connectivity index is 1.44. The molecule has 0 radical (unpaired) electrons. The van der Waals surface area contributed by atoms with Crippen LogP contribution in [-0.2, 0) is 9.53 Å². The van der Waals surface area contributed by atoms with E-state index in [0.29, 0.717) is 54.0 Å². The fourth-order valence-electron chi connectivity index (χ4n) is 3.75. The zero-order valence-electron chi connectivity index (χ0n) is 17.8. The molecule has 0 spiro atoms. The van der Waals surface area contributed by atoms with E-state index in [1.165, 1.54) is 20.5 Å². The van der Waals surface area contributed by atoms with Gasteiger partial charge >= 0.3 is 5.97 Å². The Bertz CT molecular complexity index is 1190. The topological polar surface area (TPSA) is 95.3 Å². The van der Waals surface area contributed by atoms with E-state index in [1.807, 2.05) is 0 Å². The van der Waals surface area contributed by atoms with Crippen LogP contribution in [0.5, 0.6) is 17.2 Å². The summed E-state index contributed by atoms with van der Waals surface area (Å²) in [5, 5.41) is 0.380. The lowest BCUT2D eigenvalue weighted by molar-refractivity contribution is -0.146. The molecular weight excluding hydrogens is 414 g/mol. The number of benzene rings is 2. The predicted octanol–water partition coefficient (Wildman–Crippen LogP) is 3.62. The van der Waals surface area contributed by atoms with Crippen molar-refractivity contribution in [1.29, 1.82) is 0 Å². The summed E-state index contributed by atoms with van der Waals surface area (Å²) in [5.74, 6) is 0.548. The highest BCUT2D eigenvalue weighted by Gasteiger charge is 2.28. The third kappa shape index (κ3) is 4.30. The predicted molar refractivity (Wildman–Crippen MR) is 116 cm³/mol. The summed E-state index contributed by atoms with van der Waals surface area (Å²) in [6, 6.07) is 11.5. The molecule has 166 valence electrons. The number of piperidine rings is 1. The van der Waals surface area contributed by atoms with E-state index in [4.69, 9.17) is 18.6 Å². The third-order valence-electron chi connectivity index (χ3n) is 5.60. The van der Waals surface area contributed by atoms with Gasteiger partial charge in [-0.3, -0.25) is 14.4 Å².